The fourth-order valence-electron chi connectivity index (χ4n) is 4.75. The van der Waals surface area contributed by atoms with Crippen molar-refractivity contribution in [2.24, 2.45) is 0 Å². The first-order valence-electron chi connectivity index (χ1n) is 13.3. The van der Waals surface area contributed by atoms with Gasteiger partial charge in [-0.25, -0.2) is 4.79 Å². The first kappa shape index (κ1) is 28.5. The summed E-state index contributed by atoms with van der Waals surface area (Å²) in [5.41, 5.74) is 1.62. The van der Waals surface area contributed by atoms with Gasteiger partial charge in [0.1, 0.15) is 17.7 Å². The van der Waals surface area contributed by atoms with Crippen LogP contribution in [0.15, 0.2) is 66.7 Å². The van der Waals surface area contributed by atoms with Gasteiger partial charge in [0.25, 0.3) is 5.91 Å². The van der Waals surface area contributed by atoms with E-state index in [2.05, 4.69) is 23.3 Å². The molecule has 2 atom stereocenters. The van der Waals surface area contributed by atoms with Crippen molar-refractivity contribution in [2.75, 3.05) is 11.1 Å². The molecule has 1 aliphatic rings. The highest BCUT2D eigenvalue weighted by Crippen LogP contribution is 2.35. The lowest BCUT2D eigenvalue weighted by molar-refractivity contribution is -0.145. The monoisotopic (exact) mass is 547 g/mol. The Morgan fingerprint density at radius 1 is 1.00 bits per heavy atom. The molecule has 0 spiro atoms. The van der Waals surface area contributed by atoms with Gasteiger partial charge in [0.05, 0.1) is 0 Å². The number of alkyl carbamates (subject to hydrolysis) is 1. The van der Waals surface area contributed by atoms with Gasteiger partial charge in [0.2, 0.25) is 5.91 Å². The van der Waals surface area contributed by atoms with Crippen molar-refractivity contribution >= 4 is 47.0 Å². The third kappa shape index (κ3) is 7.12. The summed E-state index contributed by atoms with van der Waals surface area (Å²) in [4.78, 5) is 42.3. The van der Waals surface area contributed by atoms with Crippen molar-refractivity contribution < 1.29 is 19.1 Å². The van der Waals surface area contributed by atoms with Gasteiger partial charge >= 0.3 is 6.09 Å². The Hall–Kier alpha value is -3.52. The van der Waals surface area contributed by atoms with Crippen LogP contribution in [0.4, 0.5) is 10.5 Å². The third-order valence-corrected chi connectivity index (χ3v) is 7.16. The van der Waals surface area contributed by atoms with Crippen LogP contribution in [0.25, 0.3) is 10.8 Å². The molecule has 0 bridgehead atoms. The molecule has 1 saturated carbocycles. The number of hydrogen-bond acceptors (Lipinski definition) is 5. The topological polar surface area (TPSA) is 87.7 Å². The molecule has 1 fully saturated rings. The van der Waals surface area contributed by atoms with E-state index in [9.17, 15) is 14.4 Å². The summed E-state index contributed by atoms with van der Waals surface area (Å²) >= 11 is 4.37. The number of carbonyl (C=O) groups is 3. The maximum atomic E-state index is 14.1. The number of nitrogens with zero attached hydrogens (tertiary/aromatic N) is 1. The summed E-state index contributed by atoms with van der Waals surface area (Å²) in [7, 11) is 0. The number of fused-ring (bicyclic) bond motifs is 1. The van der Waals surface area contributed by atoms with Gasteiger partial charge in [0.15, 0.2) is 0 Å². The Bertz CT molecular complexity index is 1350. The predicted octanol–water partition coefficient (Wildman–Crippen LogP) is 6.03. The van der Waals surface area contributed by atoms with E-state index in [0.717, 1.165) is 35.6 Å². The molecule has 0 aromatic heterocycles. The fraction of sp³-hybridized carbons (Fsp3) is 0.387. The summed E-state index contributed by atoms with van der Waals surface area (Å²) in [6.07, 6.45) is 1.83. The number of thiol groups is 1. The number of rotatable bonds is 8. The van der Waals surface area contributed by atoms with Crippen LogP contribution in [0.5, 0.6) is 0 Å². The molecular weight excluding hydrogens is 510 g/mol. The predicted molar refractivity (Wildman–Crippen MR) is 158 cm³/mol. The van der Waals surface area contributed by atoms with E-state index in [1.807, 2.05) is 73.7 Å². The van der Waals surface area contributed by atoms with Crippen LogP contribution >= 0.6 is 12.6 Å². The number of carbonyl (C=O) groups excluding carboxylic acids is 3. The number of hydrogen-bond donors (Lipinski definition) is 3. The minimum Gasteiger partial charge on any atom is -0.444 e. The van der Waals surface area contributed by atoms with Crippen molar-refractivity contribution in [3.63, 3.8) is 0 Å². The van der Waals surface area contributed by atoms with E-state index < -0.39 is 23.8 Å². The van der Waals surface area contributed by atoms with Crippen molar-refractivity contribution in [3.8, 4) is 0 Å². The molecule has 7 nitrogen and oxygen atoms in total. The van der Waals surface area contributed by atoms with E-state index >= 15 is 0 Å². The standard InChI is InChI=1S/C31H37N3O4S/c1-20-9-7-12-23(17-20)27(28(35)32-24-16-15-21-10-5-6-11-22(21)18-24)34(25-13-8-14-25)29(36)26(19-39)33-30(37)38-31(2,3)4/h5-7,9-12,15-18,25-27,39H,8,13-14,19H2,1-4H3,(H,32,35)(H,33,37). The Morgan fingerprint density at radius 2 is 1.72 bits per heavy atom. The maximum Gasteiger partial charge on any atom is 0.408 e. The minimum absolute atomic E-state index is 0.0636. The molecule has 1 aliphatic carbocycles. The van der Waals surface area contributed by atoms with Gasteiger partial charge in [-0.3, -0.25) is 9.59 Å². The van der Waals surface area contributed by atoms with Crippen molar-refractivity contribution in [2.45, 2.75) is 70.7 Å². The zero-order valence-electron chi connectivity index (χ0n) is 22.9. The molecule has 0 heterocycles. The molecule has 0 saturated heterocycles. The lowest BCUT2D eigenvalue weighted by Gasteiger charge is -2.43. The van der Waals surface area contributed by atoms with Gasteiger partial charge in [0, 0.05) is 17.5 Å². The molecule has 39 heavy (non-hydrogen) atoms. The van der Waals surface area contributed by atoms with Crippen LogP contribution in [0.3, 0.4) is 0 Å². The quantitative estimate of drug-likeness (QED) is 0.301. The first-order chi connectivity index (χ1) is 18.6. The SMILES string of the molecule is Cc1cccc(C(C(=O)Nc2ccc3ccccc3c2)N(C(=O)C(CS)NC(=O)OC(C)(C)C)C2CCC2)c1. The normalized spacial score (nSPS) is 15.1. The van der Waals surface area contributed by atoms with Crippen molar-refractivity contribution in [1.82, 2.24) is 10.2 Å². The first-order valence-corrected chi connectivity index (χ1v) is 14.0. The van der Waals surface area contributed by atoms with Crippen LogP contribution in [0, 0.1) is 6.92 Å². The summed E-state index contributed by atoms with van der Waals surface area (Å²) in [6.45, 7) is 7.24. The molecule has 206 valence electrons. The lowest BCUT2D eigenvalue weighted by Crippen LogP contribution is -2.57. The smallest absolute Gasteiger partial charge is 0.408 e. The summed E-state index contributed by atoms with van der Waals surface area (Å²) in [5.74, 6) is -0.610. The average Bonchev–Trinajstić information content (AvgIpc) is 2.84. The van der Waals surface area contributed by atoms with Crippen LogP contribution in [0.2, 0.25) is 0 Å². The highest BCUT2D eigenvalue weighted by Gasteiger charge is 2.41. The van der Waals surface area contributed by atoms with Crippen LogP contribution in [-0.2, 0) is 14.3 Å². The van der Waals surface area contributed by atoms with E-state index in [-0.39, 0.29) is 23.6 Å². The molecule has 3 aromatic carbocycles. The number of nitrogens with one attached hydrogen (secondary N) is 2. The van der Waals surface area contributed by atoms with Gasteiger partial charge in [-0.05, 0) is 75.4 Å². The highest BCUT2D eigenvalue weighted by atomic mass is 32.1. The largest absolute Gasteiger partial charge is 0.444 e. The van der Waals surface area contributed by atoms with Crippen LogP contribution < -0.4 is 10.6 Å². The van der Waals surface area contributed by atoms with Crippen LogP contribution in [-0.4, -0.2) is 46.2 Å². The summed E-state index contributed by atoms with van der Waals surface area (Å²) in [5, 5.41) is 7.80. The van der Waals surface area contributed by atoms with E-state index in [0.29, 0.717) is 11.3 Å². The van der Waals surface area contributed by atoms with Gasteiger partial charge < -0.3 is 20.3 Å². The molecule has 2 N–H and O–H groups in total. The highest BCUT2D eigenvalue weighted by molar-refractivity contribution is 7.80. The Kier molecular flexibility index (Phi) is 8.85. The minimum atomic E-state index is -0.954. The summed E-state index contributed by atoms with van der Waals surface area (Å²) < 4.78 is 5.39. The number of ether oxygens (including phenoxy) is 1. The molecule has 0 radical (unpaired) electrons. The zero-order valence-corrected chi connectivity index (χ0v) is 23.8. The molecular formula is C31H37N3O4S. The maximum absolute atomic E-state index is 14.1. The van der Waals surface area contributed by atoms with Crippen molar-refractivity contribution in [1.29, 1.82) is 0 Å². The number of aryl methyl sites for hydroxylation is 1. The van der Waals surface area contributed by atoms with E-state index in [1.54, 1.807) is 25.7 Å². The number of anilines is 1. The van der Waals surface area contributed by atoms with Gasteiger partial charge in [-0.2, -0.15) is 12.6 Å². The number of amides is 3. The second kappa shape index (κ2) is 12.1. The Labute approximate surface area is 235 Å². The van der Waals surface area contributed by atoms with Gasteiger partial charge in [-0.1, -0.05) is 60.2 Å². The van der Waals surface area contributed by atoms with E-state index in [4.69, 9.17) is 4.74 Å². The van der Waals surface area contributed by atoms with Crippen LogP contribution in [0.1, 0.15) is 57.2 Å². The summed E-state index contributed by atoms with van der Waals surface area (Å²) in [6, 6.07) is 19.4. The molecule has 0 aliphatic heterocycles. The molecule has 8 heteroatoms. The second-order valence-electron chi connectivity index (χ2n) is 11.1. The van der Waals surface area contributed by atoms with Gasteiger partial charge in [-0.15, -0.1) is 0 Å². The average molecular weight is 548 g/mol. The number of benzene rings is 3. The zero-order chi connectivity index (χ0) is 28.2. The third-order valence-electron chi connectivity index (χ3n) is 6.80. The van der Waals surface area contributed by atoms with E-state index in [1.165, 1.54) is 0 Å². The Balaban J connectivity index is 1.68. The lowest BCUT2D eigenvalue weighted by atomic mass is 9.88. The molecule has 3 amide bonds. The molecule has 3 aromatic rings. The van der Waals surface area contributed by atoms with Crippen molar-refractivity contribution in [3.05, 3.63) is 77.9 Å². The second-order valence-corrected chi connectivity index (χ2v) is 11.4. The Morgan fingerprint density at radius 3 is 2.33 bits per heavy atom. The molecule has 2 unspecified atom stereocenters. The molecule has 4 rings (SSSR count). The fourth-order valence-corrected chi connectivity index (χ4v) is 5.00.